The van der Waals surface area contributed by atoms with Crippen LogP contribution in [0.25, 0.3) is 0 Å². The Morgan fingerprint density at radius 2 is 2.36 bits per heavy atom. The number of halogens is 1. The number of carbonyl (C=O) groups excluding carboxylic acids is 1. The zero-order chi connectivity index (χ0) is 15.4. The summed E-state index contributed by atoms with van der Waals surface area (Å²) in [4.78, 5) is 14.1. The highest BCUT2D eigenvalue weighted by Crippen LogP contribution is 2.25. The molecule has 1 N–H and O–H groups in total. The predicted octanol–water partition coefficient (Wildman–Crippen LogP) is 1.87. The van der Waals surface area contributed by atoms with E-state index in [4.69, 9.17) is 0 Å². The maximum Gasteiger partial charge on any atom is 0.223 e. The molecule has 0 spiro atoms. The van der Waals surface area contributed by atoms with Gasteiger partial charge < -0.3 is 10.2 Å². The molecular weight excluding hydrogens is 283 g/mol. The van der Waals surface area contributed by atoms with Gasteiger partial charge in [-0.05, 0) is 31.4 Å². The Morgan fingerprint density at radius 3 is 3.09 bits per heavy atom. The summed E-state index contributed by atoms with van der Waals surface area (Å²) in [5, 5.41) is 10.9. The van der Waals surface area contributed by atoms with E-state index in [1.165, 1.54) is 0 Å². The molecule has 0 unspecified atom stereocenters. The lowest BCUT2D eigenvalue weighted by Crippen LogP contribution is -2.42. The molecule has 3 rings (SSSR count). The first-order valence-electron chi connectivity index (χ1n) is 7.85. The summed E-state index contributed by atoms with van der Waals surface area (Å²) in [7, 11) is 0. The Bertz CT molecular complexity index is 536. The van der Waals surface area contributed by atoms with Crippen molar-refractivity contribution in [3.05, 3.63) is 30.5 Å². The van der Waals surface area contributed by atoms with E-state index in [9.17, 15) is 9.18 Å². The highest BCUT2D eigenvalue weighted by atomic mass is 19.1. The molecule has 0 bridgehead atoms. The van der Waals surface area contributed by atoms with E-state index < -0.39 is 6.17 Å². The molecule has 22 heavy (non-hydrogen) atoms. The lowest BCUT2D eigenvalue weighted by molar-refractivity contribution is -0.125. The van der Waals surface area contributed by atoms with Gasteiger partial charge in [0.2, 0.25) is 5.91 Å². The molecule has 1 saturated heterocycles. The molecule has 1 fully saturated rings. The van der Waals surface area contributed by atoms with Crippen molar-refractivity contribution in [2.24, 2.45) is 5.92 Å². The van der Waals surface area contributed by atoms with Crippen LogP contribution in [0.4, 0.5) is 10.2 Å². The van der Waals surface area contributed by atoms with Crippen LogP contribution in [-0.4, -0.2) is 41.4 Å². The average Bonchev–Trinajstić information content (AvgIpc) is 2.95. The largest absolute Gasteiger partial charge is 0.354 e. The van der Waals surface area contributed by atoms with E-state index in [0.29, 0.717) is 25.3 Å². The molecule has 1 amide bonds. The molecule has 1 aromatic heterocycles. The van der Waals surface area contributed by atoms with Crippen LogP contribution in [0.3, 0.4) is 0 Å². The Balaban J connectivity index is 1.58. The normalized spacial score (nSPS) is 27.9. The standard InChI is InChI=1S/C16H21FN4O/c17-13-9-14(21(11-13)15-7-4-8-19-20-15)10-18-16(22)12-5-2-1-3-6-12/h1-2,4,7-8,12-14H,3,5-6,9-11H2,(H,18,22)/t12-,13-,14-/m0/s1. The van der Waals surface area contributed by atoms with Gasteiger partial charge in [-0.15, -0.1) is 5.10 Å². The molecule has 1 aromatic rings. The Morgan fingerprint density at radius 1 is 1.45 bits per heavy atom. The summed E-state index contributed by atoms with van der Waals surface area (Å²) in [5.74, 6) is 0.797. The van der Waals surface area contributed by atoms with Crippen molar-refractivity contribution in [1.82, 2.24) is 15.5 Å². The van der Waals surface area contributed by atoms with Crippen LogP contribution in [-0.2, 0) is 4.79 Å². The third-order valence-corrected chi connectivity index (χ3v) is 4.37. The number of amides is 1. The van der Waals surface area contributed by atoms with Gasteiger partial charge >= 0.3 is 0 Å². The number of carbonyl (C=O) groups is 1. The minimum Gasteiger partial charge on any atom is -0.354 e. The predicted molar refractivity (Wildman–Crippen MR) is 82.2 cm³/mol. The Hall–Kier alpha value is -1.98. The first kappa shape index (κ1) is 14.9. The molecule has 0 saturated carbocycles. The van der Waals surface area contributed by atoms with Crippen molar-refractivity contribution in [3.63, 3.8) is 0 Å². The van der Waals surface area contributed by atoms with Crippen molar-refractivity contribution >= 4 is 11.7 Å². The molecule has 2 heterocycles. The number of nitrogens with zero attached hydrogens (tertiary/aromatic N) is 3. The van der Waals surface area contributed by atoms with E-state index in [1.807, 2.05) is 11.0 Å². The van der Waals surface area contributed by atoms with Crippen LogP contribution >= 0.6 is 0 Å². The lowest BCUT2D eigenvalue weighted by atomic mass is 9.93. The third-order valence-electron chi connectivity index (χ3n) is 4.37. The smallest absolute Gasteiger partial charge is 0.223 e. The summed E-state index contributed by atoms with van der Waals surface area (Å²) < 4.78 is 13.8. The maximum absolute atomic E-state index is 13.8. The van der Waals surface area contributed by atoms with Gasteiger partial charge in [0, 0.05) is 25.1 Å². The second-order valence-corrected chi connectivity index (χ2v) is 5.95. The van der Waals surface area contributed by atoms with E-state index in [-0.39, 0.29) is 17.9 Å². The number of alkyl halides is 1. The van der Waals surface area contributed by atoms with Gasteiger partial charge in [0.1, 0.15) is 6.17 Å². The van der Waals surface area contributed by atoms with Gasteiger partial charge in [0.15, 0.2) is 5.82 Å². The highest BCUT2D eigenvalue weighted by Gasteiger charge is 2.33. The number of anilines is 1. The molecule has 5 nitrogen and oxygen atoms in total. The number of aromatic nitrogens is 2. The molecule has 1 aliphatic carbocycles. The monoisotopic (exact) mass is 304 g/mol. The number of hydrogen-bond donors (Lipinski definition) is 1. The van der Waals surface area contributed by atoms with Gasteiger partial charge in [0.05, 0.1) is 12.6 Å². The summed E-state index contributed by atoms with van der Waals surface area (Å²) in [5.41, 5.74) is 0. The maximum atomic E-state index is 13.8. The highest BCUT2D eigenvalue weighted by molar-refractivity contribution is 5.79. The summed E-state index contributed by atoms with van der Waals surface area (Å²) in [6.07, 6.45) is 7.96. The number of nitrogens with one attached hydrogen (secondary N) is 1. The van der Waals surface area contributed by atoms with Gasteiger partial charge in [0.25, 0.3) is 0 Å². The van der Waals surface area contributed by atoms with E-state index in [1.54, 1.807) is 12.3 Å². The van der Waals surface area contributed by atoms with Crippen molar-refractivity contribution in [3.8, 4) is 0 Å². The Kier molecular flexibility index (Phi) is 4.65. The Labute approximate surface area is 129 Å². The molecule has 0 aromatic carbocycles. The van der Waals surface area contributed by atoms with Crippen LogP contribution < -0.4 is 10.2 Å². The fraction of sp³-hybridized carbons (Fsp3) is 0.562. The first-order valence-corrected chi connectivity index (χ1v) is 7.85. The van der Waals surface area contributed by atoms with Gasteiger partial charge in [-0.1, -0.05) is 12.2 Å². The quantitative estimate of drug-likeness (QED) is 0.863. The molecule has 3 atom stereocenters. The van der Waals surface area contributed by atoms with Gasteiger partial charge in [-0.2, -0.15) is 5.10 Å². The molecule has 2 aliphatic rings. The summed E-state index contributed by atoms with van der Waals surface area (Å²) >= 11 is 0. The van der Waals surface area contributed by atoms with Crippen LogP contribution in [0.2, 0.25) is 0 Å². The van der Waals surface area contributed by atoms with Crippen molar-refractivity contribution in [2.45, 2.75) is 37.9 Å². The van der Waals surface area contributed by atoms with Crippen LogP contribution in [0.5, 0.6) is 0 Å². The zero-order valence-electron chi connectivity index (χ0n) is 12.5. The summed E-state index contributed by atoms with van der Waals surface area (Å²) in [6, 6.07) is 3.55. The van der Waals surface area contributed by atoms with Crippen LogP contribution in [0.15, 0.2) is 30.5 Å². The molecule has 6 heteroatoms. The number of allylic oxidation sites excluding steroid dienone is 2. The van der Waals surface area contributed by atoms with E-state index >= 15 is 0 Å². The van der Waals surface area contributed by atoms with E-state index in [0.717, 1.165) is 19.3 Å². The topological polar surface area (TPSA) is 58.1 Å². The van der Waals surface area contributed by atoms with Gasteiger partial charge in [-0.25, -0.2) is 4.39 Å². The minimum atomic E-state index is -0.887. The van der Waals surface area contributed by atoms with E-state index in [2.05, 4.69) is 27.7 Å². The third kappa shape index (κ3) is 3.43. The number of rotatable bonds is 4. The van der Waals surface area contributed by atoms with Gasteiger partial charge in [-0.3, -0.25) is 4.79 Å². The average molecular weight is 304 g/mol. The zero-order valence-corrected chi connectivity index (χ0v) is 12.5. The molecule has 0 radical (unpaired) electrons. The lowest BCUT2D eigenvalue weighted by Gasteiger charge is -2.26. The first-order chi connectivity index (χ1) is 10.7. The van der Waals surface area contributed by atoms with Crippen molar-refractivity contribution < 1.29 is 9.18 Å². The SMILES string of the molecule is O=C(NC[C@@H]1C[C@H](F)CN1c1cccnn1)[C@H]1CC=CCC1. The second kappa shape index (κ2) is 6.85. The molecular formula is C16H21FN4O. The van der Waals surface area contributed by atoms with Crippen molar-refractivity contribution in [2.75, 3.05) is 18.0 Å². The fourth-order valence-electron chi connectivity index (χ4n) is 3.17. The van der Waals surface area contributed by atoms with Crippen molar-refractivity contribution in [1.29, 1.82) is 0 Å². The number of hydrogen-bond acceptors (Lipinski definition) is 4. The molecule has 118 valence electrons. The fourth-order valence-corrected chi connectivity index (χ4v) is 3.17. The summed E-state index contributed by atoms with van der Waals surface area (Å²) in [6.45, 7) is 0.765. The minimum absolute atomic E-state index is 0.0533. The van der Waals surface area contributed by atoms with Crippen LogP contribution in [0.1, 0.15) is 25.7 Å². The molecule has 1 aliphatic heterocycles. The second-order valence-electron chi connectivity index (χ2n) is 5.95. The van der Waals surface area contributed by atoms with Crippen LogP contribution in [0, 0.1) is 5.92 Å².